The fourth-order valence-corrected chi connectivity index (χ4v) is 1.80. The van der Waals surface area contributed by atoms with Crippen molar-refractivity contribution in [3.8, 4) is 0 Å². The predicted octanol–water partition coefficient (Wildman–Crippen LogP) is 0.396. The van der Waals surface area contributed by atoms with E-state index in [1.54, 1.807) is 6.33 Å². The van der Waals surface area contributed by atoms with E-state index in [0.29, 0.717) is 6.04 Å². The molecule has 0 aromatic carbocycles. The molecule has 5 heteroatoms. The summed E-state index contributed by atoms with van der Waals surface area (Å²) >= 11 is 0. The summed E-state index contributed by atoms with van der Waals surface area (Å²) < 4.78 is 1.94. The van der Waals surface area contributed by atoms with Gasteiger partial charge >= 0.3 is 0 Å². The molecule has 1 fully saturated rings. The van der Waals surface area contributed by atoms with Gasteiger partial charge in [-0.1, -0.05) is 0 Å². The Morgan fingerprint density at radius 2 is 2.36 bits per heavy atom. The molecule has 0 saturated carbocycles. The lowest BCUT2D eigenvalue weighted by atomic mass is 10.3. The number of hydrogen-bond acceptors (Lipinski definition) is 4. The van der Waals surface area contributed by atoms with Crippen LogP contribution in [-0.4, -0.2) is 33.9 Å². The van der Waals surface area contributed by atoms with Gasteiger partial charge in [-0.05, 0) is 20.3 Å². The van der Waals surface area contributed by atoms with Crippen molar-refractivity contribution >= 4 is 5.95 Å². The van der Waals surface area contributed by atoms with E-state index < -0.39 is 0 Å². The number of aromatic nitrogens is 3. The van der Waals surface area contributed by atoms with Gasteiger partial charge in [-0.25, -0.2) is 4.68 Å². The van der Waals surface area contributed by atoms with Crippen LogP contribution in [0.4, 0.5) is 5.95 Å². The molecule has 1 atom stereocenters. The van der Waals surface area contributed by atoms with Crippen LogP contribution in [0.5, 0.6) is 0 Å². The van der Waals surface area contributed by atoms with Crippen molar-refractivity contribution in [1.29, 1.82) is 0 Å². The smallest absolute Gasteiger partial charge is 0.224 e. The minimum absolute atomic E-state index is 0.285. The zero-order valence-corrected chi connectivity index (χ0v) is 8.72. The second kappa shape index (κ2) is 3.57. The minimum atomic E-state index is 0.285. The highest BCUT2D eigenvalue weighted by molar-refractivity contribution is 5.32. The Kier molecular flexibility index (Phi) is 2.41. The molecule has 0 bridgehead atoms. The third-order valence-corrected chi connectivity index (χ3v) is 2.55. The Balaban J connectivity index is 2.19. The Hall–Kier alpha value is -1.10. The van der Waals surface area contributed by atoms with Crippen LogP contribution in [0.1, 0.15) is 26.3 Å². The van der Waals surface area contributed by atoms with Crippen molar-refractivity contribution in [2.45, 2.75) is 32.4 Å². The molecule has 78 valence electrons. The highest BCUT2D eigenvalue weighted by Crippen LogP contribution is 2.19. The number of anilines is 1. The number of nitrogens with zero attached hydrogens (tertiary/aromatic N) is 4. The van der Waals surface area contributed by atoms with Crippen LogP contribution in [0, 0.1) is 0 Å². The Morgan fingerprint density at radius 3 is 2.93 bits per heavy atom. The maximum Gasteiger partial charge on any atom is 0.224 e. The summed E-state index contributed by atoms with van der Waals surface area (Å²) in [6, 6.07) is 0.636. The first-order valence-corrected chi connectivity index (χ1v) is 5.08. The van der Waals surface area contributed by atoms with Crippen LogP contribution < -0.4 is 10.6 Å². The van der Waals surface area contributed by atoms with Gasteiger partial charge in [0.15, 0.2) is 0 Å². The lowest BCUT2D eigenvalue weighted by Crippen LogP contribution is -2.28. The van der Waals surface area contributed by atoms with Gasteiger partial charge in [-0.15, -0.1) is 0 Å². The van der Waals surface area contributed by atoms with Crippen molar-refractivity contribution in [2.75, 3.05) is 18.0 Å². The van der Waals surface area contributed by atoms with E-state index >= 15 is 0 Å². The Morgan fingerprint density at radius 1 is 1.57 bits per heavy atom. The third-order valence-electron chi connectivity index (χ3n) is 2.55. The van der Waals surface area contributed by atoms with Gasteiger partial charge in [-0.3, -0.25) is 0 Å². The molecule has 1 aromatic heterocycles. The molecule has 2 heterocycles. The van der Waals surface area contributed by atoms with E-state index in [9.17, 15) is 0 Å². The molecule has 0 spiro atoms. The van der Waals surface area contributed by atoms with Gasteiger partial charge in [0.05, 0.1) is 6.04 Å². The topological polar surface area (TPSA) is 60.0 Å². The quantitative estimate of drug-likeness (QED) is 0.742. The van der Waals surface area contributed by atoms with Gasteiger partial charge in [0.2, 0.25) is 5.95 Å². The van der Waals surface area contributed by atoms with Crippen molar-refractivity contribution < 1.29 is 0 Å². The second-order valence-electron chi connectivity index (χ2n) is 4.09. The third kappa shape index (κ3) is 1.59. The standard InChI is InChI=1S/C9H17N5/c1-7(2)14-9(11-6-12-14)13-4-3-8(10)5-13/h6-8H,3-5,10H2,1-2H3. The SMILES string of the molecule is CC(C)n1ncnc1N1CCC(N)C1. The first-order chi connectivity index (χ1) is 6.68. The lowest BCUT2D eigenvalue weighted by Gasteiger charge is -2.18. The van der Waals surface area contributed by atoms with Crippen LogP contribution >= 0.6 is 0 Å². The average molecular weight is 195 g/mol. The zero-order chi connectivity index (χ0) is 10.1. The molecular weight excluding hydrogens is 178 g/mol. The summed E-state index contributed by atoms with van der Waals surface area (Å²) in [5.41, 5.74) is 5.86. The Labute approximate surface area is 83.9 Å². The summed E-state index contributed by atoms with van der Waals surface area (Å²) in [7, 11) is 0. The van der Waals surface area contributed by atoms with E-state index in [4.69, 9.17) is 5.73 Å². The minimum Gasteiger partial charge on any atom is -0.339 e. The monoisotopic (exact) mass is 195 g/mol. The normalized spacial score (nSPS) is 22.3. The average Bonchev–Trinajstić information content (AvgIpc) is 2.70. The van der Waals surface area contributed by atoms with Crippen LogP contribution in [0.2, 0.25) is 0 Å². The van der Waals surface area contributed by atoms with E-state index in [1.165, 1.54) is 0 Å². The maximum atomic E-state index is 5.86. The van der Waals surface area contributed by atoms with E-state index in [-0.39, 0.29) is 6.04 Å². The second-order valence-corrected chi connectivity index (χ2v) is 4.09. The number of rotatable bonds is 2. The van der Waals surface area contributed by atoms with Gasteiger partial charge in [-0.2, -0.15) is 10.1 Å². The van der Waals surface area contributed by atoms with Gasteiger partial charge in [0, 0.05) is 19.1 Å². The molecule has 5 nitrogen and oxygen atoms in total. The number of nitrogens with two attached hydrogens (primary N) is 1. The predicted molar refractivity (Wildman–Crippen MR) is 55.2 cm³/mol. The highest BCUT2D eigenvalue weighted by atomic mass is 15.4. The van der Waals surface area contributed by atoms with Crippen molar-refractivity contribution in [1.82, 2.24) is 14.8 Å². The molecule has 2 rings (SSSR count). The fraction of sp³-hybridized carbons (Fsp3) is 0.778. The summed E-state index contributed by atoms with van der Waals surface area (Å²) in [6.07, 6.45) is 2.66. The largest absolute Gasteiger partial charge is 0.339 e. The molecule has 1 aromatic rings. The fourth-order valence-electron chi connectivity index (χ4n) is 1.80. The van der Waals surface area contributed by atoms with Crippen molar-refractivity contribution in [2.24, 2.45) is 5.73 Å². The first-order valence-electron chi connectivity index (χ1n) is 5.08. The molecule has 1 aliphatic heterocycles. The van der Waals surface area contributed by atoms with Gasteiger partial charge < -0.3 is 10.6 Å². The van der Waals surface area contributed by atoms with Crippen molar-refractivity contribution in [3.63, 3.8) is 0 Å². The van der Waals surface area contributed by atoms with Crippen LogP contribution in [-0.2, 0) is 0 Å². The summed E-state index contributed by atoms with van der Waals surface area (Å²) in [5.74, 6) is 0.952. The van der Waals surface area contributed by atoms with Crippen molar-refractivity contribution in [3.05, 3.63) is 6.33 Å². The lowest BCUT2D eigenvalue weighted by molar-refractivity contribution is 0.527. The molecule has 14 heavy (non-hydrogen) atoms. The molecular formula is C9H17N5. The summed E-state index contributed by atoms with van der Waals surface area (Å²) in [5, 5.41) is 4.21. The van der Waals surface area contributed by atoms with E-state index in [0.717, 1.165) is 25.5 Å². The molecule has 1 unspecified atom stereocenters. The molecule has 1 saturated heterocycles. The molecule has 0 amide bonds. The summed E-state index contributed by atoms with van der Waals surface area (Å²) in [6.45, 7) is 6.10. The van der Waals surface area contributed by atoms with E-state index in [1.807, 2.05) is 4.68 Å². The maximum absolute atomic E-state index is 5.86. The molecule has 1 aliphatic rings. The first kappa shape index (κ1) is 9.45. The summed E-state index contributed by atoms with van der Waals surface area (Å²) in [4.78, 5) is 6.48. The zero-order valence-electron chi connectivity index (χ0n) is 8.72. The molecule has 0 radical (unpaired) electrons. The van der Waals surface area contributed by atoms with Gasteiger partial charge in [0.25, 0.3) is 0 Å². The van der Waals surface area contributed by atoms with Crippen LogP contribution in [0.3, 0.4) is 0 Å². The van der Waals surface area contributed by atoms with Crippen LogP contribution in [0.25, 0.3) is 0 Å². The number of hydrogen-bond donors (Lipinski definition) is 1. The molecule has 2 N–H and O–H groups in total. The van der Waals surface area contributed by atoms with E-state index in [2.05, 4.69) is 28.8 Å². The van der Waals surface area contributed by atoms with Gasteiger partial charge in [0.1, 0.15) is 6.33 Å². The highest BCUT2D eigenvalue weighted by Gasteiger charge is 2.23. The van der Waals surface area contributed by atoms with Crippen LogP contribution in [0.15, 0.2) is 6.33 Å². The molecule has 0 aliphatic carbocycles. The Bertz CT molecular complexity index is 306.